The summed E-state index contributed by atoms with van der Waals surface area (Å²) in [6.07, 6.45) is 8.26. The van der Waals surface area contributed by atoms with E-state index in [1.54, 1.807) is 15.8 Å². The summed E-state index contributed by atoms with van der Waals surface area (Å²) >= 11 is 0. The van der Waals surface area contributed by atoms with E-state index < -0.39 is 5.92 Å². The number of carbonyl (C=O) groups is 2. The molecular formula is C47H52N4O4. The number of fused-ring (bicyclic) bond motifs is 2. The van der Waals surface area contributed by atoms with Crippen LogP contribution in [0.5, 0.6) is 11.5 Å². The molecule has 0 saturated carbocycles. The van der Waals surface area contributed by atoms with E-state index in [1.807, 2.05) is 92.0 Å². The molecule has 0 bridgehead atoms. The molecular weight excluding hydrogens is 685 g/mol. The van der Waals surface area contributed by atoms with Gasteiger partial charge in [0, 0.05) is 31.5 Å². The largest absolute Gasteiger partial charge is 0.494 e. The third-order valence-corrected chi connectivity index (χ3v) is 9.87. The van der Waals surface area contributed by atoms with E-state index in [0.29, 0.717) is 25.1 Å². The van der Waals surface area contributed by atoms with Crippen LogP contribution in [0, 0.1) is 0 Å². The molecule has 1 atom stereocenters. The Labute approximate surface area is 324 Å². The predicted octanol–water partition coefficient (Wildman–Crippen LogP) is 8.87. The second-order valence-electron chi connectivity index (χ2n) is 14.0. The molecule has 5 aromatic carbocycles. The first-order chi connectivity index (χ1) is 27.0. The molecule has 1 aliphatic heterocycles. The van der Waals surface area contributed by atoms with Crippen LogP contribution < -0.4 is 20.1 Å². The maximum absolute atomic E-state index is 12.4. The number of aryl methyl sites for hydroxylation is 3. The van der Waals surface area contributed by atoms with Gasteiger partial charge < -0.3 is 14.8 Å². The molecule has 8 nitrogen and oxygen atoms in total. The fraction of sp³-hybridized carbons (Fsp3) is 0.298. The summed E-state index contributed by atoms with van der Waals surface area (Å²) in [7, 11) is 1.85. The van der Waals surface area contributed by atoms with Gasteiger partial charge in [0.2, 0.25) is 11.8 Å². The zero-order chi connectivity index (χ0) is 38.1. The minimum Gasteiger partial charge on any atom is -0.494 e. The number of hydrogen-bond acceptors (Lipinski definition) is 6. The first-order valence-corrected chi connectivity index (χ1v) is 19.5. The van der Waals surface area contributed by atoms with Gasteiger partial charge in [-0.3, -0.25) is 19.6 Å². The van der Waals surface area contributed by atoms with Crippen molar-refractivity contribution in [1.29, 1.82) is 0 Å². The van der Waals surface area contributed by atoms with Gasteiger partial charge in [-0.1, -0.05) is 103 Å². The lowest BCUT2D eigenvalue weighted by molar-refractivity contribution is -0.134. The topological polar surface area (TPSA) is 94.5 Å². The highest BCUT2D eigenvalue weighted by Gasteiger charge is 2.31. The molecule has 1 unspecified atom stereocenters. The number of nitrogens with zero attached hydrogens (tertiary/aromatic N) is 2. The third kappa shape index (κ3) is 11.9. The maximum Gasteiger partial charge on any atom is 0.235 e. The van der Waals surface area contributed by atoms with Gasteiger partial charge in [-0.25, -0.2) is 0 Å². The second-order valence-corrected chi connectivity index (χ2v) is 14.0. The Morgan fingerprint density at radius 1 is 0.709 bits per heavy atom. The molecule has 1 fully saturated rings. The minimum absolute atomic E-state index is 0.225. The Morgan fingerprint density at radius 2 is 1.35 bits per heavy atom. The number of aromatic nitrogens is 2. The molecule has 55 heavy (non-hydrogen) atoms. The summed E-state index contributed by atoms with van der Waals surface area (Å²) < 4.78 is 13.6. The van der Waals surface area contributed by atoms with Crippen molar-refractivity contribution in [3.63, 3.8) is 0 Å². The highest BCUT2D eigenvalue weighted by atomic mass is 16.5. The number of hydrogen-bond donors (Lipinski definition) is 2. The Bertz CT molecular complexity index is 2030. The molecule has 8 heteroatoms. The van der Waals surface area contributed by atoms with Gasteiger partial charge in [0.15, 0.2) is 0 Å². The smallest absolute Gasteiger partial charge is 0.235 e. The quantitative estimate of drug-likeness (QED) is 0.0964. The summed E-state index contributed by atoms with van der Waals surface area (Å²) in [5, 5.41) is 11.4. The monoisotopic (exact) mass is 736 g/mol. The van der Waals surface area contributed by atoms with E-state index in [9.17, 15) is 9.59 Å². The summed E-state index contributed by atoms with van der Waals surface area (Å²) in [4.78, 5) is 23.9. The molecule has 0 radical (unpaired) electrons. The first kappa shape index (κ1) is 39.0. The van der Waals surface area contributed by atoms with E-state index in [1.165, 1.54) is 31.2 Å². The Balaban J connectivity index is 0.000000262. The lowest BCUT2D eigenvalue weighted by atomic mass is 9.92. The van der Waals surface area contributed by atoms with Crippen LogP contribution in [0.4, 0.5) is 0 Å². The second kappa shape index (κ2) is 20.7. The van der Waals surface area contributed by atoms with E-state index in [0.717, 1.165) is 60.5 Å². The summed E-state index contributed by atoms with van der Waals surface area (Å²) in [6, 6.07) is 44.9. The zero-order valence-electron chi connectivity index (χ0n) is 31.8. The van der Waals surface area contributed by atoms with Crippen molar-refractivity contribution in [3.8, 4) is 11.5 Å². The van der Waals surface area contributed by atoms with Crippen molar-refractivity contribution >= 4 is 22.7 Å². The van der Waals surface area contributed by atoms with Gasteiger partial charge in [-0.15, -0.1) is 0 Å². The zero-order valence-corrected chi connectivity index (χ0v) is 31.8. The number of carbonyl (C=O) groups excluding carboxylic acids is 2. The fourth-order valence-corrected chi connectivity index (χ4v) is 6.84. The Morgan fingerprint density at radius 3 is 2.02 bits per heavy atom. The summed E-state index contributed by atoms with van der Waals surface area (Å²) in [5.74, 6) is 0.740. The predicted molar refractivity (Wildman–Crippen MR) is 219 cm³/mol. The number of para-hydroxylation sites is 1. The number of rotatable bonds is 12. The van der Waals surface area contributed by atoms with Crippen molar-refractivity contribution in [2.24, 2.45) is 7.05 Å². The molecule has 2 aliphatic rings. The molecule has 2 amide bonds. The van der Waals surface area contributed by atoms with Gasteiger partial charge in [0.1, 0.15) is 18.1 Å². The average molecular weight is 737 g/mol. The van der Waals surface area contributed by atoms with Gasteiger partial charge in [-0.05, 0) is 98.0 Å². The van der Waals surface area contributed by atoms with Crippen molar-refractivity contribution in [2.45, 2.75) is 70.4 Å². The summed E-state index contributed by atoms with van der Waals surface area (Å²) in [5.41, 5.74) is 7.07. The van der Waals surface area contributed by atoms with Crippen LogP contribution in [-0.2, 0) is 42.6 Å². The lowest BCUT2D eigenvalue weighted by Gasteiger charge is -2.19. The minimum atomic E-state index is -0.417. The number of nitrogens with one attached hydrogen (secondary N) is 2. The molecule has 1 aliphatic carbocycles. The Hall–Kier alpha value is -5.73. The normalized spacial score (nSPS) is 14.7. The van der Waals surface area contributed by atoms with E-state index in [2.05, 4.69) is 64.3 Å². The standard InChI is InChI=1S/C31H34N4O4.C10H12.C6H6/c1-35-28-19-25(13-14-26(28)30(34-35)27-15-16-29(36)33-31(27)37)39-21-23-11-9-22(10-12-23)20-32-17-5-6-18-38-24-7-3-2-4-8-24;1-2-6-10-8-4-3-7-9(10)5-1;1-2-4-6-5-3-1/h2-4,7-14,19,27,32H,5-6,15-18,20-21H2,1H3,(H,33,36,37);1-2,5-6H,3-4,7-8H2;1-6H. The molecule has 1 aromatic heterocycles. The summed E-state index contributed by atoms with van der Waals surface area (Å²) in [6.45, 7) is 2.96. The number of unbranched alkanes of at least 4 members (excludes halogenated alkanes) is 1. The molecule has 1 saturated heterocycles. The van der Waals surface area contributed by atoms with Gasteiger partial charge in [0.05, 0.1) is 23.7 Å². The molecule has 2 N–H and O–H groups in total. The van der Waals surface area contributed by atoms with E-state index >= 15 is 0 Å². The van der Waals surface area contributed by atoms with Gasteiger partial charge >= 0.3 is 0 Å². The molecule has 284 valence electrons. The number of benzene rings is 5. The van der Waals surface area contributed by atoms with Crippen molar-refractivity contribution in [3.05, 3.63) is 161 Å². The highest BCUT2D eigenvalue weighted by Crippen LogP contribution is 2.32. The van der Waals surface area contributed by atoms with Crippen LogP contribution in [-0.4, -0.2) is 34.7 Å². The number of amides is 2. The molecule has 6 aromatic rings. The lowest BCUT2D eigenvalue weighted by Crippen LogP contribution is -2.39. The average Bonchev–Trinajstić information content (AvgIpc) is 3.56. The number of imide groups is 1. The Kier molecular flexibility index (Phi) is 14.6. The SMILES string of the molecule is Cn1nc(C2CCC(=O)NC2=O)c2ccc(OCc3ccc(CNCCCCOc4ccccc4)cc3)cc21.c1ccc2c(c1)CCCC2.c1ccccc1. The molecule has 2 heterocycles. The van der Waals surface area contributed by atoms with Crippen molar-refractivity contribution in [1.82, 2.24) is 20.4 Å². The van der Waals surface area contributed by atoms with Crippen LogP contribution in [0.1, 0.15) is 72.4 Å². The fourth-order valence-electron chi connectivity index (χ4n) is 6.84. The number of ether oxygens (including phenoxy) is 2. The van der Waals surface area contributed by atoms with Crippen molar-refractivity contribution < 1.29 is 19.1 Å². The van der Waals surface area contributed by atoms with Crippen molar-refractivity contribution in [2.75, 3.05) is 13.2 Å². The number of piperidine rings is 1. The first-order valence-electron chi connectivity index (χ1n) is 19.5. The third-order valence-electron chi connectivity index (χ3n) is 9.87. The van der Waals surface area contributed by atoms with Crippen LogP contribution in [0.25, 0.3) is 10.9 Å². The molecule has 8 rings (SSSR count). The maximum atomic E-state index is 12.4. The highest BCUT2D eigenvalue weighted by molar-refractivity contribution is 6.02. The van der Waals surface area contributed by atoms with Crippen LogP contribution in [0.3, 0.4) is 0 Å². The van der Waals surface area contributed by atoms with Crippen LogP contribution in [0.15, 0.2) is 133 Å². The van der Waals surface area contributed by atoms with Crippen LogP contribution in [0.2, 0.25) is 0 Å². The van der Waals surface area contributed by atoms with Gasteiger partial charge in [0.25, 0.3) is 0 Å². The van der Waals surface area contributed by atoms with Gasteiger partial charge in [-0.2, -0.15) is 5.10 Å². The van der Waals surface area contributed by atoms with E-state index in [4.69, 9.17) is 9.47 Å². The van der Waals surface area contributed by atoms with Crippen LogP contribution >= 0.6 is 0 Å². The van der Waals surface area contributed by atoms with E-state index in [-0.39, 0.29) is 11.8 Å². The molecule has 0 spiro atoms.